The predicted octanol–water partition coefficient (Wildman–Crippen LogP) is -0.616. The van der Waals surface area contributed by atoms with E-state index in [-0.39, 0.29) is 41.4 Å². The third kappa shape index (κ3) is 7.03. The number of carboxylic acid groups (broad SMARTS) is 2. The number of carbonyl (C=O) groups is 6. The molecule has 0 aromatic heterocycles. The molecule has 5 aliphatic rings. The lowest BCUT2D eigenvalue weighted by molar-refractivity contribution is -0.163. The predicted molar refractivity (Wildman–Crippen MR) is 192 cm³/mol. The number of aliphatic carboxylic acids is 2. The molecule has 5 aliphatic heterocycles. The summed E-state index contributed by atoms with van der Waals surface area (Å²) in [5.41, 5.74) is -0.222. The minimum atomic E-state index is -1.28. The van der Waals surface area contributed by atoms with Crippen molar-refractivity contribution >= 4 is 59.1 Å². The topological polar surface area (TPSA) is 220 Å². The first-order chi connectivity index (χ1) is 24.3. The minimum absolute atomic E-state index is 0.0372. The van der Waals surface area contributed by atoms with E-state index in [9.17, 15) is 49.2 Å². The van der Waals surface area contributed by atoms with Crippen LogP contribution in [0.25, 0.3) is 0 Å². The molecule has 6 N–H and O–H groups in total. The van der Waals surface area contributed by atoms with Crippen molar-refractivity contribution in [3.8, 4) is 0 Å². The van der Waals surface area contributed by atoms with E-state index in [1.54, 1.807) is 42.0 Å². The Bertz CT molecular complexity index is 1580. The molecule has 5 heterocycles. The van der Waals surface area contributed by atoms with Crippen LogP contribution in [0.2, 0.25) is 0 Å². The number of carbonyl (C=O) groups excluding carboxylic acids is 4. The van der Waals surface area contributed by atoms with Crippen molar-refractivity contribution in [3.63, 3.8) is 0 Å². The molecule has 0 radical (unpaired) electrons. The third-order valence-electron chi connectivity index (χ3n) is 10.9. The smallest absolute Gasteiger partial charge is 0.353 e. The van der Waals surface area contributed by atoms with Gasteiger partial charge in [-0.3, -0.25) is 19.2 Å². The maximum Gasteiger partial charge on any atom is 0.353 e. The van der Waals surface area contributed by atoms with Gasteiger partial charge in [0.1, 0.15) is 17.4 Å². The zero-order chi connectivity index (χ0) is 38.7. The van der Waals surface area contributed by atoms with E-state index in [4.69, 9.17) is 0 Å². The van der Waals surface area contributed by atoms with E-state index in [0.29, 0.717) is 22.8 Å². The molecule has 3 saturated heterocycles. The Balaban J connectivity index is 1.38. The summed E-state index contributed by atoms with van der Waals surface area (Å²) in [6.45, 7) is 7.07. The summed E-state index contributed by atoms with van der Waals surface area (Å²) >= 11 is 2.56. The molecule has 52 heavy (non-hydrogen) atoms. The van der Waals surface area contributed by atoms with E-state index in [2.05, 4.69) is 10.6 Å². The molecule has 16 nitrogen and oxygen atoms in total. The van der Waals surface area contributed by atoms with Crippen LogP contribution in [-0.2, 0) is 28.8 Å². The van der Waals surface area contributed by atoms with Crippen molar-refractivity contribution < 1.29 is 49.2 Å². The van der Waals surface area contributed by atoms with Crippen molar-refractivity contribution in [2.45, 2.75) is 87.4 Å². The summed E-state index contributed by atoms with van der Waals surface area (Å²) < 4.78 is 0. The fraction of sp³-hybridized carbons (Fsp3) is 0.706. The molecular weight excluding hydrogens is 717 g/mol. The van der Waals surface area contributed by atoms with Crippen molar-refractivity contribution in [3.05, 3.63) is 21.2 Å². The molecule has 0 bridgehead atoms. The van der Waals surface area contributed by atoms with Crippen LogP contribution in [-0.4, -0.2) is 164 Å². The van der Waals surface area contributed by atoms with E-state index >= 15 is 0 Å². The first-order valence-electron chi connectivity index (χ1n) is 17.5. The lowest BCUT2D eigenvalue weighted by atomic mass is 9.79. The summed E-state index contributed by atoms with van der Waals surface area (Å²) in [5.74, 6) is -6.74. The van der Waals surface area contributed by atoms with Crippen LogP contribution in [0.1, 0.15) is 40.5 Å². The Morgan fingerprint density at radius 1 is 0.865 bits per heavy atom. The second-order valence-electron chi connectivity index (χ2n) is 14.9. The number of aliphatic hydroxyl groups excluding tert-OH is 2. The molecule has 0 aromatic carbocycles. The molecule has 0 aliphatic carbocycles. The van der Waals surface area contributed by atoms with Crippen LogP contribution in [0.4, 0.5) is 0 Å². The lowest BCUT2D eigenvalue weighted by Gasteiger charge is -2.46. The molecule has 4 amide bonds. The summed E-state index contributed by atoms with van der Waals surface area (Å²) in [5, 5.41) is 47.4. The number of nitrogens with one attached hydrogen (secondary N) is 2. The van der Waals surface area contributed by atoms with Crippen molar-refractivity contribution in [2.75, 3.05) is 41.3 Å². The van der Waals surface area contributed by atoms with E-state index in [1.807, 2.05) is 0 Å². The lowest BCUT2D eigenvalue weighted by Crippen LogP contribution is -2.63. The molecular formula is C34H50N6O10S2. The van der Waals surface area contributed by atoms with Gasteiger partial charge in [-0.05, 0) is 26.7 Å². The fourth-order valence-electron chi connectivity index (χ4n) is 8.33. The first kappa shape index (κ1) is 39.9. The normalized spacial score (nSPS) is 33.0. The van der Waals surface area contributed by atoms with E-state index in [1.165, 1.54) is 57.0 Å². The molecule has 0 spiro atoms. The number of likely N-dealkylation sites (N-methyl/N-ethyl adjacent to an activating group) is 2. The maximum atomic E-state index is 14.6. The Morgan fingerprint density at radius 3 is 2.02 bits per heavy atom. The van der Waals surface area contributed by atoms with Gasteiger partial charge < -0.3 is 50.7 Å². The van der Waals surface area contributed by atoms with E-state index < -0.39 is 89.0 Å². The standard InChI is InChI=1S/C34H50N6O10S2/c1-13-23(36-24(33(47)48)27(13)51-17-9-19(35-11-17)29(43)37(5)6)21(15(3)41)31(45)39-12-18(10-20(39)30(44)38(7)8)52-28-14(2)25-22(16(4)42)32(46)40(25)26(28)34(49)50/h13-23,25,35-36,41-42H,9-12H2,1-8H3,(H,47,48)(H,49,50)/t13-,14-,15-,16-,17+,18+,19+,20+,21?,22-,23?,25-/m1/s1. The average molecular weight is 767 g/mol. The second-order valence-corrected chi connectivity index (χ2v) is 17.6. The van der Waals surface area contributed by atoms with Gasteiger partial charge in [0, 0.05) is 79.5 Å². The number of nitrogens with zero attached hydrogens (tertiary/aromatic N) is 4. The first-order valence-corrected chi connectivity index (χ1v) is 19.2. The van der Waals surface area contributed by atoms with Crippen LogP contribution in [0.15, 0.2) is 21.2 Å². The molecule has 2 unspecified atom stereocenters. The van der Waals surface area contributed by atoms with Crippen molar-refractivity contribution in [1.29, 1.82) is 0 Å². The largest absolute Gasteiger partial charge is 0.477 e. The Kier molecular flexibility index (Phi) is 11.7. The Labute approximate surface area is 311 Å². The van der Waals surface area contributed by atoms with Gasteiger partial charge in [0.15, 0.2) is 0 Å². The van der Waals surface area contributed by atoms with Gasteiger partial charge in [0.05, 0.1) is 36.1 Å². The van der Waals surface area contributed by atoms with Gasteiger partial charge in [0.25, 0.3) is 0 Å². The van der Waals surface area contributed by atoms with Crippen molar-refractivity contribution in [1.82, 2.24) is 30.2 Å². The number of likely N-dealkylation sites (tertiary alicyclic amines) is 1. The average Bonchev–Trinajstić information content (AvgIpc) is 3.82. The molecule has 18 heteroatoms. The number of fused-ring (bicyclic) bond motifs is 1. The quantitative estimate of drug-likeness (QED) is 0.137. The molecule has 5 rings (SSSR count). The Morgan fingerprint density at radius 2 is 1.48 bits per heavy atom. The fourth-order valence-corrected chi connectivity index (χ4v) is 11.3. The zero-order valence-electron chi connectivity index (χ0n) is 30.6. The number of carboxylic acids is 2. The van der Waals surface area contributed by atoms with Gasteiger partial charge in [0.2, 0.25) is 23.6 Å². The molecule has 288 valence electrons. The Hall–Kier alpha value is -3.32. The second kappa shape index (κ2) is 15.2. The van der Waals surface area contributed by atoms with Crippen LogP contribution in [0.3, 0.4) is 0 Å². The van der Waals surface area contributed by atoms with Gasteiger partial charge in [-0.2, -0.15) is 0 Å². The zero-order valence-corrected chi connectivity index (χ0v) is 32.2. The number of hydrogen-bond acceptors (Lipinski definition) is 12. The minimum Gasteiger partial charge on any atom is -0.477 e. The monoisotopic (exact) mass is 766 g/mol. The highest BCUT2D eigenvalue weighted by atomic mass is 32.2. The third-order valence-corrected chi connectivity index (χ3v) is 13.9. The number of amides is 4. The highest BCUT2D eigenvalue weighted by Gasteiger charge is 2.60. The number of rotatable bonds is 12. The van der Waals surface area contributed by atoms with Crippen LogP contribution >= 0.6 is 23.5 Å². The number of aliphatic hydroxyl groups is 2. The van der Waals surface area contributed by atoms with Gasteiger partial charge in [-0.1, -0.05) is 13.8 Å². The molecule has 3 fully saturated rings. The van der Waals surface area contributed by atoms with Crippen molar-refractivity contribution in [2.24, 2.45) is 23.7 Å². The van der Waals surface area contributed by atoms with E-state index in [0.717, 1.165) is 0 Å². The SMILES string of the molecule is C[C@@H](O)C(C(=O)N1C[C@@H](SC2=C(C(=O)O)N3C(=O)[C@H]([C@@H](C)O)[C@H]3[C@H]2C)C[C@H]1C(=O)N(C)C)C1NC(C(=O)O)=C(S[C@@H]2CN[C@H](C(=O)N(C)C)C2)[C@@H]1C. The van der Waals surface area contributed by atoms with Crippen LogP contribution in [0, 0.1) is 23.7 Å². The van der Waals surface area contributed by atoms with Gasteiger partial charge in [-0.15, -0.1) is 23.5 Å². The highest BCUT2D eigenvalue weighted by Crippen LogP contribution is 2.52. The summed E-state index contributed by atoms with van der Waals surface area (Å²) in [6, 6.07) is -2.69. The number of β-lactam (4-membered cyclic amide) rings is 1. The van der Waals surface area contributed by atoms with Crippen LogP contribution in [0.5, 0.6) is 0 Å². The maximum absolute atomic E-state index is 14.6. The molecule has 0 aromatic rings. The molecule has 0 saturated carbocycles. The highest BCUT2D eigenvalue weighted by molar-refractivity contribution is 8.04. The number of thioether (sulfide) groups is 2. The van der Waals surface area contributed by atoms with Gasteiger partial charge >= 0.3 is 11.9 Å². The summed E-state index contributed by atoms with van der Waals surface area (Å²) in [6.07, 6.45) is -1.54. The summed E-state index contributed by atoms with van der Waals surface area (Å²) in [7, 11) is 6.48. The van der Waals surface area contributed by atoms with Crippen LogP contribution < -0.4 is 10.6 Å². The number of hydrogen-bond donors (Lipinski definition) is 6. The summed E-state index contributed by atoms with van der Waals surface area (Å²) in [4.78, 5) is 85.0. The van der Waals surface area contributed by atoms with Gasteiger partial charge in [-0.25, -0.2) is 9.59 Å². The molecule has 12 atom stereocenters.